The lowest BCUT2D eigenvalue weighted by Gasteiger charge is -2.11. The molecular formula is C11H16N2O2. The van der Waals surface area contributed by atoms with Crippen LogP contribution in [0.4, 0.5) is 10.5 Å². The molecule has 0 aliphatic heterocycles. The Morgan fingerprint density at radius 3 is 2.73 bits per heavy atom. The molecule has 0 radical (unpaired) electrons. The average Bonchev–Trinajstić information content (AvgIpc) is 2.17. The van der Waals surface area contributed by atoms with Gasteiger partial charge < -0.3 is 10.5 Å². The summed E-state index contributed by atoms with van der Waals surface area (Å²) < 4.78 is 4.96. The minimum absolute atomic E-state index is 0.130. The summed E-state index contributed by atoms with van der Waals surface area (Å²) in [6.45, 7) is 3.99. The van der Waals surface area contributed by atoms with E-state index in [0.29, 0.717) is 12.2 Å². The van der Waals surface area contributed by atoms with Gasteiger partial charge in [-0.3, -0.25) is 5.32 Å². The van der Waals surface area contributed by atoms with Crippen LogP contribution in [-0.2, 0) is 11.3 Å². The highest BCUT2D eigenvalue weighted by Crippen LogP contribution is 2.14. The number of carbonyl (C=O) groups is 1. The van der Waals surface area contributed by atoms with Gasteiger partial charge in [-0.2, -0.15) is 0 Å². The van der Waals surface area contributed by atoms with Crippen molar-refractivity contribution in [3.8, 4) is 0 Å². The third-order valence-electron chi connectivity index (χ3n) is 1.82. The molecule has 1 aromatic carbocycles. The second-order valence-corrected chi connectivity index (χ2v) is 3.44. The average molecular weight is 208 g/mol. The molecule has 0 atom stereocenters. The first-order chi connectivity index (χ1) is 7.13. The molecule has 0 saturated heterocycles. The number of nitrogens with one attached hydrogen (secondary N) is 1. The predicted octanol–water partition coefficient (Wildman–Crippen LogP) is 2.10. The summed E-state index contributed by atoms with van der Waals surface area (Å²) in [5.74, 6) is 0. The Kier molecular flexibility index (Phi) is 4.12. The van der Waals surface area contributed by atoms with Crippen LogP contribution >= 0.6 is 0 Å². The van der Waals surface area contributed by atoms with E-state index in [9.17, 15) is 4.79 Å². The zero-order valence-corrected chi connectivity index (χ0v) is 8.99. The highest BCUT2D eigenvalue weighted by atomic mass is 16.6. The molecule has 0 aliphatic rings. The van der Waals surface area contributed by atoms with Crippen LogP contribution in [0.1, 0.15) is 19.4 Å². The maximum Gasteiger partial charge on any atom is 0.411 e. The zero-order valence-electron chi connectivity index (χ0n) is 8.99. The van der Waals surface area contributed by atoms with Gasteiger partial charge in [-0.25, -0.2) is 4.79 Å². The van der Waals surface area contributed by atoms with E-state index < -0.39 is 6.09 Å². The fourth-order valence-electron chi connectivity index (χ4n) is 1.17. The molecule has 0 saturated carbocycles. The molecule has 1 aromatic rings. The van der Waals surface area contributed by atoms with E-state index in [4.69, 9.17) is 10.5 Å². The Morgan fingerprint density at radius 2 is 2.13 bits per heavy atom. The number of ether oxygens (including phenoxy) is 1. The molecule has 3 N–H and O–H groups in total. The highest BCUT2D eigenvalue weighted by Gasteiger charge is 2.07. The minimum Gasteiger partial charge on any atom is -0.447 e. The van der Waals surface area contributed by atoms with Crippen molar-refractivity contribution in [2.75, 3.05) is 5.32 Å². The van der Waals surface area contributed by atoms with Crippen LogP contribution in [0.15, 0.2) is 24.3 Å². The van der Waals surface area contributed by atoms with Crippen LogP contribution in [0, 0.1) is 0 Å². The van der Waals surface area contributed by atoms with E-state index in [1.807, 2.05) is 18.2 Å². The number of anilines is 1. The molecule has 1 rings (SSSR count). The van der Waals surface area contributed by atoms with Gasteiger partial charge in [-0.15, -0.1) is 0 Å². The normalized spacial score (nSPS) is 10.1. The Balaban J connectivity index is 2.67. The number of nitrogens with two attached hydrogens (primary N) is 1. The first kappa shape index (κ1) is 11.5. The molecule has 82 valence electrons. The lowest BCUT2D eigenvalue weighted by atomic mass is 10.2. The van der Waals surface area contributed by atoms with Crippen molar-refractivity contribution in [1.82, 2.24) is 0 Å². The third kappa shape index (κ3) is 3.59. The number of hydrogen-bond donors (Lipinski definition) is 2. The first-order valence-electron chi connectivity index (χ1n) is 4.89. The molecule has 0 aromatic heterocycles. The summed E-state index contributed by atoms with van der Waals surface area (Å²) in [4.78, 5) is 11.3. The van der Waals surface area contributed by atoms with Crippen LogP contribution in [0.25, 0.3) is 0 Å². The summed E-state index contributed by atoms with van der Waals surface area (Å²) in [5.41, 5.74) is 7.12. The standard InChI is InChI=1S/C11H16N2O2/c1-8(2)15-11(14)13-10-6-4-3-5-9(10)7-12/h3-6,8H,7,12H2,1-2H3,(H,13,14). The fourth-order valence-corrected chi connectivity index (χ4v) is 1.17. The highest BCUT2D eigenvalue weighted by molar-refractivity contribution is 5.85. The van der Waals surface area contributed by atoms with E-state index >= 15 is 0 Å². The lowest BCUT2D eigenvalue weighted by Crippen LogP contribution is -2.19. The molecule has 4 nitrogen and oxygen atoms in total. The van der Waals surface area contributed by atoms with Crippen molar-refractivity contribution in [3.63, 3.8) is 0 Å². The van der Waals surface area contributed by atoms with Crippen molar-refractivity contribution in [2.24, 2.45) is 5.73 Å². The van der Waals surface area contributed by atoms with E-state index in [2.05, 4.69) is 5.32 Å². The molecule has 0 heterocycles. The van der Waals surface area contributed by atoms with Gasteiger partial charge >= 0.3 is 6.09 Å². The van der Waals surface area contributed by atoms with Crippen molar-refractivity contribution in [3.05, 3.63) is 29.8 Å². The van der Waals surface area contributed by atoms with E-state index in [1.165, 1.54) is 0 Å². The van der Waals surface area contributed by atoms with Gasteiger partial charge in [0.2, 0.25) is 0 Å². The SMILES string of the molecule is CC(C)OC(=O)Nc1ccccc1CN. The first-order valence-corrected chi connectivity index (χ1v) is 4.89. The monoisotopic (exact) mass is 208 g/mol. The summed E-state index contributed by atoms with van der Waals surface area (Å²) in [6, 6.07) is 7.38. The topological polar surface area (TPSA) is 64.3 Å². The number of para-hydroxylation sites is 1. The minimum atomic E-state index is -0.453. The fraction of sp³-hybridized carbons (Fsp3) is 0.364. The summed E-state index contributed by atoms with van der Waals surface area (Å²) in [5, 5.41) is 2.65. The van der Waals surface area contributed by atoms with Crippen LogP contribution in [0.2, 0.25) is 0 Å². The Bertz CT molecular complexity index is 337. The van der Waals surface area contributed by atoms with Crippen molar-refractivity contribution >= 4 is 11.8 Å². The Morgan fingerprint density at radius 1 is 1.47 bits per heavy atom. The Labute approximate surface area is 89.4 Å². The largest absolute Gasteiger partial charge is 0.447 e. The zero-order chi connectivity index (χ0) is 11.3. The third-order valence-corrected chi connectivity index (χ3v) is 1.82. The summed E-state index contributed by atoms with van der Waals surface area (Å²) in [6.07, 6.45) is -0.582. The predicted molar refractivity (Wildman–Crippen MR) is 59.6 cm³/mol. The van der Waals surface area contributed by atoms with Gasteiger partial charge in [0, 0.05) is 12.2 Å². The van der Waals surface area contributed by atoms with Crippen LogP contribution in [0.3, 0.4) is 0 Å². The van der Waals surface area contributed by atoms with Crippen molar-refractivity contribution in [1.29, 1.82) is 0 Å². The van der Waals surface area contributed by atoms with Crippen LogP contribution in [-0.4, -0.2) is 12.2 Å². The van der Waals surface area contributed by atoms with Crippen molar-refractivity contribution < 1.29 is 9.53 Å². The molecule has 0 unspecified atom stereocenters. The molecule has 0 bridgehead atoms. The van der Waals surface area contributed by atoms with Gasteiger partial charge in [0.25, 0.3) is 0 Å². The molecule has 4 heteroatoms. The number of rotatable bonds is 3. The van der Waals surface area contributed by atoms with Gasteiger partial charge in [0.15, 0.2) is 0 Å². The number of amides is 1. The quantitative estimate of drug-likeness (QED) is 0.799. The number of carbonyl (C=O) groups excluding carboxylic acids is 1. The Hall–Kier alpha value is -1.55. The maximum absolute atomic E-state index is 11.3. The summed E-state index contributed by atoms with van der Waals surface area (Å²) >= 11 is 0. The second kappa shape index (κ2) is 5.36. The van der Waals surface area contributed by atoms with Gasteiger partial charge in [-0.1, -0.05) is 18.2 Å². The summed E-state index contributed by atoms with van der Waals surface area (Å²) in [7, 11) is 0. The molecule has 1 amide bonds. The van der Waals surface area contributed by atoms with Gasteiger partial charge in [0.1, 0.15) is 0 Å². The van der Waals surface area contributed by atoms with Crippen LogP contribution < -0.4 is 11.1 Å². The van der Waals surface area contributed by atoms with Gasteiger partial charge in [-0.05, 0) is 25.5 Å². The maximum atomic E-state index is 11.3. The smallest absolute Gasteiger partial charge is 0.411 e. The van der Waals surface area contributed by atoms with E-state index in [-0.39, 0.29) is 6.10 Å². The van der Waals surface area contributed by atoms with Crippen LogP contribution in [0.5, 0.6) is 0 Å². The molecular weight excluding hydrogens is 192 g/mol. The number of benzene rings is 1. The second-order valence-electron chi connectivity index (χ2n) is 3.44. The molecule has 15 heavy (non-hydrogen) atoms. The lowest BCUT2D eigenvalue weighted by molar-refractivity contribution is 0.130. The molecule has 0 fully saturated rings. The molecule has 0 spiro atoms. The number of hydrogen-bond acceptors (Lipinski definition) is 3. The van der Waals surface area contributed by atoms with Crippen molar-refractivity contribution in [2.45, 2.75) is 26.5 Å². The molecule has 0 aliphatic carbocycles. The van der Waals surface area contributed by atoms with E-state index in [0.717, 1.165) is 5.56 Å². The van der Waals surface area contributed by atoms with E-state index in [1.54, 1.807) is 19.9 Å². The van der Waals surface area contributed by atoms with Gasteiger partial charge in [0.05, 0.1) is 6.10 Å².